The molecule has 16 heavy (non-hydrogen) atoms. The molecule has 1 aromatic carbocycles. The molecule has 2 unspecified atom stereocenters. The molecule has 0 heterocycles. The molecule has 0 aliphatic carbocycles. The van der Waals surface area contributed by atoms with Gasteiger partial charge in [-0.15, -0.1) is 0 Å². The molecule has 0 amide bonds. The van der Waals surface area contributed by atoms with Crippen LogP contribution in [0.3, 0.4) is 0 Å². The van der Waals surface area contributed by atoms with Crippen LogP contribution in [0, 0.1) is 3.57 Å². The molecule has 0 fully saturated rings. The van der Waals surface area contributed by atoms with Gasteiger partial charge in [-0.1, -0.05) is 12.1 Å². The molecule has 0 saturated heterocycles. The lowest BCUT2D eigenvalue weighted by Crippen LogP contribution is -2.29. The zero-order valence-corrected chi connectivity index (χ0v) is 12.3. The van der Waals surface area contributed by atoms with Gasteiger partial charge in [0.1, 0.15) is 0 Å². The van der Waals surface area contributed by atoms with E-state index in [0.717, 1.165) is 13.0 Å². The van der Waals surface area contributed by atoms with E-state index in [1.54, 1.807) is 7.11 Å². The van der Waals surface area contributed by atoms with Crippen LogP contribution in [-0.2, 0) is 4.74 Å². The Labute approximate surface area is 112 Å². The fourth-order valence-corrected chi connectivity index (χ4v) is 2.01. The van der Waals surface area contributed by atoms with Crippen molar-refractivity contribution in [3.05, 3.63) is 33.4 Å². The Hall–Kier alpha value is -0.130. The molecule has 3 heteroatoms. The number of methoxy groups -OCH3 is 1. The lowest BCUT2D eigenvalue weighted by atomic mass is 10.1. The first kappa shape index (κ1) is 13.9. The second-order valence-corrected chi connectivity index (χ2v) is 5.37. The van der Waals surface area contributed by atoms with E-state index in [-0.39, 0.29) is 0 Å². The van der Waals surface area contributed by atoms with Crippen LogP contribution >= 0.6 is 22.6 Å². The van der Waals surface area contributed by atoms with Crippen LogP contribution in [0.25, 0.3) is 0 Å². The summed E-state index contributed by atoms with van der Waals surface area (Å²) in [5.41, 5.74) is 1.34. The first-order valence-electron chi connectivity index (χ1n) is 5.64. The standard InChI is InChI=1S/C13H20INO/c1-10(8-9-16-3)15-11(2)12-4-6-13(14)7-5-12/h4-7,10-11,15H,8-9H2,1-3H3. The molecule has 0 spiro atoms. The first-order valence-corrected chi connectivity index (χ1v) is 6.71. The maximum atomic E-state index is 5.07. The molecule has 2 atom stereocenters. The van der Waals surface area contributed by atoms with E-state index in [1.165, 1.54) is 9.13 Å². The quantitative estimate of drug-likeness (QED) is 0.806. The molecule has 0 aromatic heterocycles. The van der Waals surface area contributed by atoms with Crippen molar-refractivity contribution in [1.29, 1.82) is 0 Å². The maximum Gasteiger partial charge on any atom is 0.0476 e. The second-order valence-electron chi connectivity index (χ2n) is 4.12. The van der Waals surface area contributed by atoms with Crippen molar-refractivity contribution >= 4 is 22.6 Å². The first-order chi connectivity index (χ1) is 7.63. The van der Waals surface area contributed by atoms with Crippen molar-refractivity contribution in [3.8, 4) is 0 Å². The fraction of sp³-hybridized carbons (Fsp3) is 0.538. The van der Waals surface area contributed by atoms with Gasteiger partial charge in [0.2, 0.25) is 0 Å². The van der Waals surface area contributed by atoms with E-state index >= 15 is 0 Å². The van der Waals surface area contributed by atoms with Crippen molar-refractivity contribution in [2.24, 2.45) is 0 Å². The fourth-order valence-electron chi connectivity index (χ4n) is 1.65. The van der Waals surface area contributed by atoms with Crippen molar-refractivity contribution in [1.82, 2.24) is 5.32 Å². The highest BCUT2D eigenvalue weighted by Crippen LogP contribution is 2.15. The summed E-state index contributed by atoms with van der Waals surface area (Å²) < 4.78 is 6.35. The highest BCUT2D eigenvalue weighted by molar-refractivity contribution is 14.1. The molecule has 0 saturated carbocycles. The average molecular weight is 333 g/mol. The minimum absolute atomic E-state index is 0.392. The summed E-state index contributed by atoms with van der Waals surface area (Å²) in [5, 5.41) is 3.57. The molecule has 0 radical (unpaired) electrons. The van der Waals surface area contributed by atoms with Crippen LogP contribution in [0.4, 0.5) is 0 Å². The Morgan fingerprint density at radius 3 is 2.44 bits per heavy atom. The molecule has 1 rings (SSSR count). The zero-order valence-electron chi connectivity index (χ0n) is 10.2. The Kier molecular flexibility index (Phi) is 6.31. The predicted octanol–water partition coefficient (Wildman–Crippen LogP) is 3.37. The summed E-state index contributed by atoms with van der Waals surface area (Å²) in [6.45, 7) is 5.21. The topological polar surface area (TPSA) is 21.3 Å². The van der Waals surface area contributed by atoms with Crippen LogP contribution in [0.5, 0.6) is 0 Å². The van der Waals surface area contributed by atoms with Crippen LogP contribution in [-0.4, -0.2) is 19.8 Å². The molecular formula is C13H20INO. The molecule has 0 aliphatic rings. The van der Waals surface area contributed by atoms with Crippen LogP contribution in [0.15, 0.2) is 24.3 Å². The number of nitrogens with one attached hydrogen (secondary N) is 1. The smallest absolute Gasteiger partial charge is 0.0476 e. The van der Waals surface area contributed by atoms with E-state index in [0.29, 0.717) is 12.1 Å². The van der Waals surface area contributed by atoms with Gasteiger partial charge < -0.3 is 10.1 Å². The predicted molar refractivity (Wildman–Crippen MR) is 76.7 cm³/mol. The molecular weight excluding hydrogens is 313 g/mol. The SMILES string of the molecule is COCCC(C)NC(C)c1ccc(I)cc1. The largest absolute Gasteiger partial charge is 0.385 e. The lowest BCUT2D eigenvalue weighted by Gasteiger charge is -2.20. The summed E-state index contributed by atoms with van der Waals surface area (Å²) in [7, 11) is 1.75. The third-order valence-electron chi connectivity index (χ3n) is 2.66. The molecule has 1 aromatic rings. The maximum absolute atomic E-state index is 5.07. The van der Waals surface area contributed by atoms with Crippen molar-refractivity contribution in [2.45, 2.75) is 32.4 Å². The summed E-state index contributed by atoms with van der Waals surface area (Å²) in [5.74, 6) is 0. The molecule has 0 aliphatic heterocycles. The highest BCUT2D eigenvalue weighted by Gasteiger charge is 2.08. The van der Waals surface area contributed by atoms with Gasteiger partial charge in [-0.2, -0.15) is 0 Å². The van der Waals surface area contributed by atoms with E-state index in [9.17, 15) is 0 Å². The lowest BCUT2D eigenvalue weighted by molar-refractivity contribution is 0.183. The Bertz CT molecular complexity index is 299. The van der Waals surface area contributed by atoms with Crippen molar-refractivity contribution < 1.29 is 4.74 Å². The normalized spacial score (nSPS) is 14.8. The van der Waals surface area contributed by atoms with Gasteiger partial charge in [0.25, 0.3) is 0 Å². The van der Waals surface area contributed by atoms with Gasteiger partial charge in [-0.05, 0) is 60.6 Å². The number of hydrogen-bond donors (Lipinski definition) is 1. The number of hydrogen-bond acceptors (Lipinski definition) is 2. The Morgan fingerprint density at radius 1 is 1.25 bits per heavy atom. The molecule has 1 N–H and O–H groups in total. The summed E-state index contributed by atoms with van der Waals surface area (Å²) in [6, 6.07) is 9.53. The summed E-state index contributed by atoms with van der Waals surface area (Å²) in [6.07, 6.45) is 1.05. The van der Waals surface area contributed by atoms with Crippen LogP contribution in [0.2, 0.25) is 0 Å². The number of benzene rings is 1. The third-order valence-corrected chi connectivity index (χ3v) is 3.38. The highest BCUT2D eigenvalue weighted by atomic mass is 127. The molecule has 2 nitrogen and oxygen atoms in total. The van der Waals surface area contributed by atoms with Gasteiger partial charge in [0.15, 0.2) is 0 Å². The number of halogens is 1. The van der Waals surface area contributed by atoms with Gasteiger partial charge in [-0.3, -0.25) is 0 Å². The van der Waals surface area contributed by atoms with Crippen LogP contribution in [0.1, 0.15) is 31.9 Å². The Balaban J connectivity index is 2.45. The number of rotatable bonds is 6. The average Bonchev–Trinajstić information content (AvgIpc) is 2.27. The summed E-state index contributed by atoms with van der Waals surface area (Å²) in [4.78, 5) is 0. The monoisotopic (exact) mass is 333 g/mol. The van der Waals surface area contributed by atoms with Crippen molar-refractivity contribution in [3.63, 3.8) is 0 Å². The van der Waals surface area contributed by atoms with Crippen LogP contribution < -0.4 is 5.32 Å². The minimum atomic E-state index is 0.392. The zero-order chi connectivity index (χ0) is 12.0. The minimum Gasteiger partial charge on any atom is -0.385 e. The van der Waals surface area contributed by atoms with E-state index in [4.69, 9.17) is 4.74 Å². The summed E-state index contributed by atoms with van der Waals surface area (Å²) >= 11 is 2.33. The van der Waals surface area contributed by atoms with E-state index < -0.39 is 0 Å². The van der Waals surface area contributed by atoms with Gasteiger partial charge in [-0.25, -0.2) is 0 Å². The van der Waals surface area contributed by atoms with E-state index in [2.05, 4.69) is 66.0 Å². The van der Waals surface area contributed by atoms with Gasteiger partial charge in [0.05, 0.1) is 0 Å². The van der Waals surface area contributed by atoms with E-state index in [1.807, 2.05) is 0 Å². The van der Waals surface area contributed by atoms with Crippen molar-refractivity contribution in [2.75, 3.05) is 13.7 Å². The molecule has 0 bridgehead atoms. The molecule has 90 valence electrons. The van der Waals surface area contributed by atoms with Gasteiger partial charge in [0, 0.05) is 29.4 Å². The second kappa shape index (κ2) is 7.25. The number of ether oxygens (including phenoxy) is 1. The van der Waals surface area contributed by atoms with Gasteiger partial charge >= 0.3 is 0 Å². The third kappa shape index (κ3) is 4.80. The Morgan fingerprint density at radius 2 is 1.88 bits per heavy atom.